The predicted molar refractivity (Wildman–Crippen MR) is 155 cm³/mol. The number of hydrogen-bond acceptors (Lipinski definition) is 4. The SMILES string of the molecule is CCCOc1ccc(C)cc1-c1ccc(C(=O)NS(=O)(=O)c2cccc(Br)c2)c(CCc2ccccc2)c1. The number of hydrogen-bond donors (Lipinski definition) is 1. The van der Waals surface area contributed by atoms with Gasteiger partial charge in [-0.2, -0.15) is 0 Å². The van der Waals surface area contributed by atoms with Crippen LogP contribution in [0.25, 0.3) is 11.1 Å². The monoisotopic (exact) mass is 591 g/mol. The highest BCUT2D eigenvalue weighted by atomic mass is 79.9. The molecule has 196 valence electrons. The van der Waals surface area contributed by atoms with Gasteiger partial charge in [-0.25, -0.2) is 13.1 Å². The van der Waals surface area contributed by atoms with E-state index >= 15 is 0 Å². The van der Waals surface area contributed by atoms with Crippen LogP contribution in [-0.2, 0) is 22.9 Å². The molecule has 0 aromatic heterocycles. The smallest absolute Gasteiger partial charge is 0.265 e. The Labute approximate surface area is 233 Å². The Hall–Kier alpha value is -3.42. The van der Waals surface area contributed by atoms with Gasteiger partial charge in [-0.3, -0.25) is 4.79 Å². The molecule has 1 N–H and O–H groups in total. The quantitative estimate of drug-likeness (QED) is 0.213. The van der Waals surface area contributed by atoms with E-state index in [1.807, 2.05) is 61.5 Å². The normalized spacial score (nSPS) is 11.2. The van der Waals surface area contributed by atoms with Gasteiger partial charge in [-0.1, -0.05) is 83.0 Å². The van der Waals surface area contributed by atoms with Gasteiger partial charge in [0.1, 0.15) is 5.75 Å². The first-order valence-electron chi connectivity index (χ1n) is 12.5. The van der Waals surface area contributed by atoms with Gasteiger partial charge in [0.25, 0.3) is 15.9 Å². The third kappa shape index (κ3) is 6.91. The van der Waals surface area contributed by atoms with E-state index < -0.39 is 15.9 Å². The van der Waals surface area contributed by atoms with E-state index in [4.69, 9.17) is 4.74 Å². The van der Waals surface area contributed by atoms with E-state index in [0.717, 1.165) is 40.0 Å². The molecular weight excluding hydrogens is 562 g/mol. The van der Waals surface area contributed by atoms with Crippen molar-refractivity contribution < 1.29 is 17.9 Å². The van der Waals surface area contributed by atoms with Gasteiger partial charge in [0.05, 0.1) is 11.5 Å². The second kappa shape index (κ2) is 12.4. The highest BCUT2D eigenvalue weighted by Gasteiger charge is 2.22. The first-order valence-corrected chi connectivity index (χ1v) is 14.8. The summed E-state index contributed by atoms with van der Waals surface area (Å²) in [6, 6.07) is 27.8. The van der Waals surface area contributed by atoms with Crippen LogP contribution in [0, 0.1) is 6.92 Å². The zero-order valence-corrected chi connectivity index (χ0v) is 23.8. The van der Waals surface area contributed by atoms with Crippen molar-refractivity contribution in [1.82, 2.24) is 4.72 Å². The van der Waals surface area contributed by atoms with Crippen LogP contribution in [-0.4, -0.2) is 20.9 Å². The summed E-state index contributed by atoms with van der Waals surface area (Å²) in [7, 11) is -4.05. The lowest BCUT2D eigenvalue weighted by molar-refractivity contribution is 0.0980. The average molecular weight is 593 g/mol. The van der Waals surface area contributed by atoms with E-state index in [0.29, 0.717) is 29.5 Å². The van der Waals surface area contributed by atoms with E-state index in [9.17, 15) is 13.2 Å². The maximum atomic E-state index is 13.3. The summed E-state index contributed by atoms with van der Waals surface area (Å²) in [6.07, 6.45) is 2.16. The van der Waals surface area contributed by atoms with Crippen molar-refractivity contribution in [1.29, 1.82) is 0 Å². The molecule has 0 radical (unpaired) electrons. The summed E-state index contributed by atoms with van der Waals surface area (Å²) in [6.45, 7) is 4.69. The highest BCUT2D eigenvalue weighted by Crippen LogP contribution is 2.33. The van der Waals surface area contributed by atoms with E-state index in [2.05, 4.69) is 33.6 Å². The zero-order chi connectivity index (χ0) is 27.1. The molecule has 5 nitrogen and oxygen atoms in total. The molecule has 0 aliphatic heterocycles. The van der Waals surface area contributed by atoms with E-state index in [-0.39, 0.29) is 4.90 Å². The molecule has 7 heteroatoms. The van der Waals surface area contributed by atoms with Crippen molar-refractivity contribution in [3.05, 3.63) is 118 Å². The Balaban J connectivity index is 1.71. The summed E-state index contributed by atoms with van der Waals surface area (Å²) in [5.41, 5.74) is 5.16. The van der Waals surface area contributed by atoms with Gasteiger partial charge >= 0.3 is 0 Å². The van der Waals surface area contributed by atoms with Crippen LogP contribution in [0.3, 0.4) is 0 Å². The van der Waals surface area contributed by atoms with Crippen molar-refractivity contribution >= 4 is 31.9 Å². The van der Waals surface area contributed by atoms with Crippen LogP contribution in [0.4, 0.5) is 0 Å². The molecule has 0 bridgehead atoms. The van der Waals surface area contributed by atoms with Gasteiger partial charge in [0.15, 0.2) is 0 Å². The molecule has 0 heterocycles. The van der Waals surface area contributed by atoms with Crippen molar-refractivity contribution in [2.75, 3.05) is 6.61 Å². The fourth-order valence-corrected chi connectivity index (χ4v) is 5.75. The standard InChI is InChI=1S/C31H30BrNO4S/c1-3-18-37-30-17-12-22(2)19-29(30)25-15-16-28(24(20-25)14-13-23-8-5-4-6-9-23)31(34)33-38(35,36)27-11-7-10-26(32)21-27/h4-12,15-17,19-21H,3,13-14,18H2,1-2H3,(H,33,34). The van der Waals surface area contributed by atoms with Crippen molar-refractivity contribution in [2.24, 2.45) is 0 Å². The lowest BCUT2D eigenvalue weighted by Gasteiger charge is -2.16. The van der Waals surface area contributed by atoms with Crippen LogP contribution in [0.5, 0.6) is 5.75 Å². The third-order valence-electron chi connectivity index (χ3n) is 6.12. The Bertz CT molecular complexity index is 1540. The Kier molecular flexibility index (Phi) is 9.02. The zero-order valence-electron chi connectivity index (χ0n) is 21.4. The van der Waals surface area contributed by atoms with Crippen LogP contribution < -0.4 is 9.46 Å². The first kappa shape index (κ1) is 27.6. The second-order valence-corrected chi connectivity index (χ2v) is 11.7. The molecule has 0 saturated heterocycles. The molecule has 0 saturated carbocycles. The Morgan fingerprint density at radius 3 is 2.42 bits per heavy atom. The number of halogens is 1. The van der Waals surface area contributed by atoms with Crippen molar-refractivity contribution in [3.8, 4) is 16.9 Å². The van der Waals surface area contributed by atoms with Crippen LogP contribution in [0.1, 0.15) is 40.4 Å². The van der Waals surface area contributed by atoms with E-state index in [1.54, 1.807) is 18.2 Å². The minimum atomic E-state index is -4.05. The van der Waals surface area contributed by atoms with Gasteiger partial charge < -0.3 is 4.74 Å². The molecule has 1 amide bonds. The van der Waals surface area contributed by atoms with Crippen LogP contribution >= 0.6 is 15.9 Å². The number of nitrogens with one attached hydrogen (secondary N) is 1. The summed E-state index contributed by atoms with van der Waals surface area (Å²) in [5.74, 6) is 0.118. The molecule has 0 atom stereocenters. The van der Waals surface area contributed by atoms with Crippen molar-refractivity contribution in [3.63, 3.8) is 0 Å². The first-order chi connectivity index (χ1) is 18.3. The number of benzene rings is 4. The summed E-state index contributed by atoms with van der Waals surface area (Å²) >= 11 is 3.29. The number of aryl methyl sites for hydroxylation is 3. The molecule has 0 fully saturated rings. The van der Waals surface area contributed by atoms with Crippen LogP contribution in [0.2, 0.25) is 0 Å². The van der Waals surface area contributed by atoms with Gasteiger partial charge in [0.2, 0.25) is 0 Å². The molecule has 38 heavy (non-hydrogen) atoms. The highest BCUT2D eigenvalue weighted by molar-refractivity contribution is 9.10. The lowest BCUT2D eigenvalue weighted by Crippen LogP contribution is -2.31. The van der Waals surface area contributed by atoms with Gasteiger partial charge in [-0.15, -0.1) is 0 Å². The largest absolute Gasteiger partial charge is 0.493 e. The number of carbonyl (C=O) groups is 1. The predicted octanol–water partition coefficient (Wildman–Crippen LogP) is 7.12. The number of amides is 1. The molecular formula is C31H30BrNO4S. The number of ether oxygens (including phenoxy) is 1. The minimum absolute atomic E-state index is 0.0140. The minimum Gasteiger partial charge on any atom is -0.493 e. The maximum Gasteiger partial charge on any atom is 0.265 e. The van der Waals surface area contributed by atoms with Gasteiger partial charge in [0, 0.05) is 15.6 Å². The summed E-state index contributed by atoms with van der Waals surface area (Å²) < 4.78 is 34.8. The van der Waals surface area contributed by atoms with E-state index in [1.165, 1.54) is 12.1 Å². The Morgan fingerprint density at radius 1 is 0.895 bits per heavy atom. The molecule has 0 aliphatic carbocycles. The number of rotatable bonds is 10. The van der Waals surface area contributed by atoms with Crippen LogP contribution in [0.15, 0.2) is 100 Å². The molecule has 0 spiro atoms. The summed E-state index contributed by atoms with van der Waals surface area (Å²) in [5, 5.41) is 0. The lowest BCUT2D eigenvalue weighted by atomic mass is 9.94. The second-order valence-electron chi connectivity index (χ2n) is 9.10. The van der Waals surface area contributed by atoms with Gasteiger partial charge in [-0.05, 0) is 79.3 Å². The summed E-state index contributed by atoms with van der Waals surface area (Å²) in [4.78, 5) is 13.3. The molecule has 4 rings (SSSR count). The maximum absolute atomic E-state index is 13.3. The molecule has 4 aromatic rings. The van der Waals surface area contributed by atoms with Crippen molar-refractivity contribution in [2.45, 2.75) is 38.0 Å². The number of carbonyl (C=O) groups excluding carboxylic acids is 1. The molecule has 0 aliphatic rings. The average Bonchev–Trinajstić information content (AvgIpc) is 2.91. The Morgan fingerprint density at radius 2 is 1.68 bits per heavy atom. The fraction of sp³-hybridized carbons (Fsp3) is 0.194. The molecule has 0 unspecified atom stereocenters. The molecule has 4 aromatic carbocycles. The number of sulfonamides is 1. The topological polar surface area (TPSA) is 72.5 Å². The third-order valence-corrected chi connectivity index (χ3v) is 7.94. The fourth-order valence-electron chi connectivity index (χ4n) is 4.19.